The van der Waals surface area contributed by atoms with Crippen molar-refractivity contribution in [1.29, 1.82) is 0 Å². The van der Waals surface area contributed by atoms with Crippen molar-refractivity contribution in [3.8, 4) is 0 Å². The Morgan fingerprint density at radius 3 is 2.93 bits per heavy atom. The molecule has 0 aromatic carbocycles. The van der Waals surface area contributed by atoms with E-state index < -0.39 is 0 Å². The molecule has 0 aromatic rings. The van der Waals surface area contributed by atoms with E-state index >= 15 is 0 Å². The Kier molecular flexibility index (Phi) is 4.16. The molecule has 1 N–H and O–H groups in total. The van der Waals surface area contributed by atoms with Crippen molar-refractivity contribution in [3.63, 3.8) is 0 Å². The first kappa shape index (κ1) is 11.8. The summed E-state index contributed by atoms with van der Waals surface area (Å²) >= 11 is 0. The molecular formula is C9H17ClN2O2. The third-order valence-corrected chi connectivity index (χ3v) is 2.78. The Balaban J connectivity index is 0.000000980. The van der Waals surface area contributed by atoms with Gasteiger partial charge >= 0.3 is 0 Å². The number of piperazine rings is 1. The molecule has 2 saturated heterocycles. The minimum Gasteiger partial charge on any atom is -0.379 e. The van der Waals surface area contributed by atoms with Crippen LogP contribution in [0.1, 0.15) is 13.3 Å². The van der Waals surface area contributed by atoms with Crippen LogP contribution in [0.3, 0.4) is 0 Å². The lowest BCUT2D eigenvalue weighted by Gasteiger charge is -2.37. The zero-order chi connectivity index (χ0) is 9.26. The summed E-state index contributed by atoms with van der Waals surface area (Å²) in [6.07, 6.45) is 0.996. The predicted molar refractivity (Wildman–Crippen MR) is 55.6 cm³/mol. The Morgan fingerprint density at radius 2 is 2.36 bits per heavy atom. The second kappa shape index (κ2) is 4.96. The van der Waals surface area contributed by atoms with E-state index in [1.807, 2.05) is 4.90 Å². The first-order valence-corrected chi connectivity index (χ1v) is 4.88. The molecule has 0 radical (unpaired) electrons. The zero-order valence-electron chi connectivity index (χ0n) is 8.36. The maximum Gasteiger partial charge on any atom is 0.237 e. The number of nitrogens with zero attached hydrogens (tertiary/aromatic N) is 1. The van der Waals surface area contributed by atoms with Crippen LogP contribution in [0, 0.1) is 0 Å². The standard InChI is InChI=1S/C9H16N2O2.ClH/c1-7-4-10-5-9(12)11(7)8-2-3-13-6-8;/h7-8,10H,2-6H2,1H3;1H/t7?,8-;/m0./s1. The van der Waals surface area contributed by atoms with Crippen LogP contribution in [0.15, 0.2) is 0 Å². The molecule has 1 amide bonds. The molecule has 1 unspecified atom stereocenters. The van der Waals surface area contributed by atoms with Crippen molar-refractivity contribution >= 4 is 18.3 Å². The fourth-order valence-corrected chi connectivity index (χ4v) is 2.13. The number of carbonyl (C=O) groups excluding carboxylic acids is 1. The first-order chi connectivity index (χ1) is 6.29. The molecule has 0 spiro atoms. The Hall–Kier alpha value is -0.320. The normalized spacial score (nSPS) is 32.9. The van der Waals surface area contributed by atoms with Crippen molar-refractivity contribution in [3.05, 3.63) is 0 Å². The van der Waals surface area contributed by atoms with E-state index in [1.165, 1.54) is 0 Å². The van der Waals surface area contributed by atoms with Gasteiger partial charge in [0.1, 0.15) is 0 Å². The molecule has 2 aliphatic heterocycles. The van der Waals surface area contributed by atoms with E-state index in [1.54, 1.807) is 0 Å². The number of amides is 1. The van der Waals surface area contributed by atoms with Crippen molar-refractivity contribution in [2.75, 3.05) is 26.3 Å². The Bertz CT molecular complexity index is 207. The summed E-state index contributed by atoms with van der Waals surface area (Å²) in [4.78, 5) is 13.6. The molecule has 0 aliphatic carbocycles. The SMILES string of the molecule is CC1CNCC(=O)N1[C@H]1CCOC1.Cl. The monoisotopic (exact) mass is 220 g/mol. The van der Waals surface area contributed by atoms with Crippen molar-refractivity contribution in [1.82, 2.24) is 10.2 Å². The largest absolute Gasteiger partial charge is 0.379 e. The quantitative estimate of drug-likeness (QED) is 0.678. The molecule has 2 heterocycles. The van der Waals surface area contributed by atoms with Gasteiger partial charge in [-0.15, -0.1) is 12.4 Å². The van der Waals surface area contributed by atoms with Crippen LogP contribution in [-0.4, -0.2) is 49.2 Å². The summed E-state index contributed by atoms with van der Waals surface area (Å²) in [7, 11) is 0. The van der Waals surface area contributed by atoms with Gasteiger partial charge in [0.15, 0.2) is 0 Å². The summed E-state index contributed by atoms with van der Waals surface area (Å²) in [6, 6.07) is 0.637. The average Bonchev–Trinajstić information content (AvgIpc) is 2.57. The van der Waals surface area contributed by atoms with E-state index in [0.717, 1.165) is 26.2 Å². The second-order valence-electron chi connectivity index (χ2n) is 3.80. The minimum absolute atomic E-state index is 0. The Labute approximate surface area is 90.4 Å². The highest BCUT2D eigenvalue weighted by atomic mass is 35.5. The van der Waals surface area contributed by atoms with Gasteiger partial charge in [0, 0.05) is 19.2 Å². The third-order valence-electron chi connectivity index (χ3n) is 2.78. The van der Waals surface area contributed by atoms with Crippen LogP contribution in [0.5, 0.6) is 0 Å². The average molecular weight is 221 g/mol. The van der Waals surface area contributed by atoms with E-state index in [4.69, 9.17) is 4.74 Å². The highest BCUT2D eigenvalue weighted by Gasteiger charge is 2.32. The maximum absolute atomic E-state index is 11.6. The number of hydrogen-bond acceptors (Lipinski definition) is 3. The van der Waals surface area contributed by atoms with Crippen LogP contribution >= 0.6 is 12.4 Å². The number of halogens is 1. The molecule has 14 heavy (non-hydrogen) atoms. The lowest BCUT2D eigenvalue weighted by atomic mass is 10.1. The molecule has 4 nitrogen and oxygen atoms in total. The summed E-state index contributed by atoms with van der Waals surface area (Å²) in [5.74, 6) is 0.217. The number of carbonyl (C=O) groups is 1. The summed E-state index contributed by atoms with van der Waals surface area (Å²) in [6.45, 7) is 5.00. The predicted octanol–water partition coefficient (Wildman–Crippen LogP) is 0.0174. The van der Waals surface area contributed by atoms with Gasteiger partial charge in [-0.2, -0.15) is 0 Å². The van der Waals surface area contributed by atoms with Crippen LogP contribution in [0.4, 0.5) is 0 Å². The van der Waals surface area contributed by atoms with Crippen molar-refractivity contribution in [2.45, 2.75) is 25.4 Å². The molecule has 0 saturated carbocycles. The van der Waals surface area contributed by atoms with Crippen LogP contribution in [0.2, 0.25) is 0 Å². The van der Waals surface area contributed by atoms with Gasteiger partial charge in [-0.05, 0) is 13.3 Å². The van der Waals surface area contributed by atoms with E-state index in [9.17, 15) is 4.79 Å². The Morgan fingerprint density at radius 1 is 1.57 bits per heavy atom. The molecule has 2 fully saturated rings. The number of ether oxygens (including phenoxy) is 1. The van der Waals surface area contributed by atoms with Gasteiger partial charge < -0.3 is 15.0 Å². The fraction of sp³-hybridized carbons (Fsp3) is 0.889. The van der Waals surface area contributed by atoms with Gasteiger partial charge in [-0.1, -0.05) is 0 Å². The molecule has 2 aliphatic rings. The lowest BCUT2D eigenvalue weighted by molar-refractivity contribution is -0.137. The topological polar surface area (TPSA) is 41.6 Å². The maximum atomic E-state index is 11.6. The number of hydrogen-bond donors (Lipinski definition) is 1. The summed E-state index contributed by atoms with van der Waals surface area (Å²) in [5, 5.41) is 3.11. The molecule has 0 bridgehead atoms. The summed E-state index contributed by atoms with van der Waals surface area (Å²) in [5.41, 5.74) is 0. The second-order valence-corrected chi connectivity index (χ2v) is 3.80. The van der Waals surface area contributed by atoms with E-state index in [-0.39, 0.29) is 18.3 Å². The van der Waals surface area contributed by atoms with E-state index in [0.29, 0.717) is 18.6 Å². The fourth-order valence-electron chi connectivity index (χ4n) is 2.13. The highest BCUT2D eigenvalue weighted by molar-refractivity contribution is 5.85. The first-order valence-electron chi connectivity index (χ1n) is 4.88. The van der Waals surface area contributed by atoms with Gasteiger partial charge in [-0.3, -0.25) is 4.79 Å². The van der Waals surface area contributed by atoms with Crippen molar-refractivity contribution in [2.24, 2.45) is 0 Å². The van der Waals surface area contributed by atoms with Crippen molar-refractivity contribution < 1.29 is 9.53 Å². The molecule has 0 aromatic heterocycles. The molecule has 5 heteroatoms. The molecular weight excluding hydrogens is 204 g/mol. The smallest absolute Gasteiger partial charge is 0.237 e. The van der Waals surface area contributed by atoms with Gasteiger partial charge in [-0.25, -0.2) is 0 Å². The molecule has 2 rings (SSSR count). The van der Waals surface area contributed by atoms with Crippen LogP contribution in [0.25, 0.3) is 0 Å². The van der Waals surface area contributed by atoms with Gasteiger partial charge in [0.05, 0.1) is 19.2 Å². The third kappa shape index (κ3) is 2.19. The van der Waals surface area contributed by atoms with E-state index in [2.05, 4.69) is 12.2 Å². The molecule has 82 valence electrons. The highest BCUT2D eigenvalue weighted by Crippen LogP contribution is 2.17. The summed E-state index contributed by atoms with van der Waals surface area (Å²) < 4.78 is 5.29. The zero-order valence-corrected chi connectivity index (χ0v) is 9.18. The van der Waals surface area contributed by atoms with Crippen LogP contribution in [-0.2, 0) is 9.53 Å². The number of rotatable bonds is 1. The minimum atomic E-state index is 0. The van der Waals surface area contributed by atoms with Gasteiger partial charge in [0.2, 0.25) is 5.91 Å². The number of nitrogens with one attached hydrogen (secondary N) is 1. The molecule has 2 atom stereocenters. The van der Waals surface area contributed by atoms with Gasteiger partial charge in [0.25, 0.3) is 0 Å². The van der Waals surface area contributed by atoms with Crippen LogP contribution < -0.4 is 5.32 Å². The lowest BCUT2D eigenvalue weighted by Crippen LogP contribution is -2.57.